The molecule has 9 nitrogen and oxygen atoms in total. The lowest BCUT2D eigenvalue weighted by Gasteiger charge is -2.41. The first-order chi connectivity index (χ1) is 16.2. The molecule has 1 amide bonds. The van der Waals surface area contributed by atoms with Crippen LogP contribution in [-0.4, -0.2) is 93.0 Å². The molecule has 5 rings (SSSR count). The van der Waals surface area contributed by atoms with Crippen LogP contribution in [0.15, 0.2) is 6.58 Å². The first-order valence-electron chi connectivity index (χ1n) is 12.3. The van der Waals surface area contributed by atoms with E-state index in [-0.39, 0.29) is 29.7 Å². The van der Waals surface area contributed by atoms with Gasteiger partial charge in [-0.3, -0.25) is 9.80 Å². The standard InChI is InChI=1S/C24H35FN6O3/c1-5-19-26-20(28-21(27-19)33-15-24-9-6-10-30(24)12-16(25)11-24)29-13-17-7-8-18(14-29)31(17)22(32)34-23(2,3)4/h5,16-18H,1,6-15H2,2-4H3/t16-,17?,18?,24+/m1/s1. The van der Waals surface area contributed by atoms with Crippen LogP contribution in [0.2, 0.25) is 0 Å². The summed E-state index contributed by atoms with van der Waals surface area (Å²) in [6, 6.07) is 0.339. The average molecular weight is 475 g/mol. The second-order valence-electron chi connectivity index (χ2n) is 11.0. The monoisotopic (exact) mass is 474 g/mol. The van der Waals surface area contributed by atoms with Crippen LogP contribution < -0.4 is 9.64 Å². The average Bonchev–Trinajstić information content (AvgIpc) is 3.38. The van der Waals surface area contributed by atoms with E-state index in [1.165, 1.54) is 0 Å². The van der Waals surface area contributed by atoms with E-state index in [1.54, 1.807) is 6.08 Å². The van der Waals surface area contributed by atoms with E-state index >= 15 is 0 Å². The number of fused-ring (bicyclic) bond motifs is 3. The van der Waals surface area contributed by atoms with E-state index in [1.807, 2.05) is 25.7 Å². The number of piperazine rings is 1. The highest BCUT2D eigenvalue weighted by Gasteiger charge is 2.49. The molecule has 186 valence electrons. The summed E-state index contributed by atoms with van der Waals surface area (Å²) in [5.41, 5.74) is -0.790. The minimum Gasteiger partial charge on any atom is -0.461 e. The Morgan fingerprint density at radius 1 is 1.21 bits per heavy atom. The zero-order valence-corrected chi connectivity index (χ0v) is 20.4. The number of carbonyl (C=O) groups is 1. The lowest BCUT2D eigenvalue weighted by molar-refractivity contribution is 0.0122. The quantitative estimate of drug-likeness (QED) is 0.644. The molecule has 10 heteroatoms. The molecule has 0 saturated carbocycles. The number of aromatic nitrogens is 3. The summed E-state index contributed by atoms with van der Waals surface area (Å²) in [5, 5.41) is 0. The molecule has 4 fully saturated rings. The van der Waals surface area contributed by atoms with Gasteiger partial charge in [0, 0.05) is 26.1 Å². The van der Waals surface area contributed by atoms with Crippen LogP contribution in [0, 0.1) is 0 Å². The maximum absolute atomic E-state index is 14.1. The van der Waals surface area contributed by atoms with E-state index < -0.39 is 11.8 Å². The second-order valence-corrected chi connectivity index (χ2v) is 11.0. The van der Waals surface area contributed by atoms with Crippen molar-refractivity contribution in [2.75, 3.05) is 37.7 Å². The molecule has 2 bridgehead atoms. The van der Waals surface area contributed by atoms with Gasteiger partial charge >= 0.3 is 12.1 Å². The molecule has 34 heavy (non-hydrogen) atoms. The zero-order chi connectivity index (χ0) is 24.1. The largest absolute Gasteiger partial charge is 0.461 e. The van der Waals surface area contributed by atoms with Crippen molar-refractivity contribution in [3.8, 4) is 6.01 Å². The van der Waals surface area contributed by atoms with Gasteiger partial charge in [0.15, 0.2) is 5.82 Å². The lowest BCUT2D eigenvalue weighted by Crippen LogP contribution is -2.57. The molecule has 4 aliphatic rings. The van der Waals surface area contributed by atoms with Gasteiger partial charge in [0.05, 0.1) is 17.6 Å². The van der Waals surface area contributed by atoms with Gasteiger partial charge in [-0.15, -0.1) is 0 Å². The molecule has 0 spiro atoms. The summed E-state index contributed by atoms with van der Waals surface area (Å²) in [6.45, 7) is 12.5. The SMILES string of the molecule is C=Cc1nc(OC[C@@]23CCCN2C[C@H](F)C3)nc(N2CC3CCC(C2)N3C(=O)OC(C)(C)C)n1. The van der Waals surface area contributed by atoms with E-state index in [4.69, 9.17) is 9.47 Å². The Morgan fingerprint density at radius 2 is 1.94 bits per heavy atom. The molecule has 1 aromatic rings. The maximum Gasteiger partial charge on any atom is 0.410 e. The highest BCUT2D eigenvalue weighted by atomic mass is 19.1. The molecule has 4 aliphatic heterocycles. The number of amides is 1. The highest BCUT2D eigenvalue weighted by molar-refractivity contribution is 5.70. The lowest BCUT2D eigenvalue weighted by atomic mass is 9.95. The van der Waals surface area contributed by atoms with Crippen molar-refractivity contribution in [3.05, 3.63) is 12.4 Å². The fourth-order valence-corrected chi connectivity index (χ4v) is 5.98. The molecule has 2 unspecified atom stereocenters. The maximum atomic E-state index is 14.1. The summed E-state index contributed by atoms with van der Waals surface area (Å²) in [4.78, 5) is 32.5. The van der Waals surface area contributed by atoms with Crippen LogP contribution in [-0.2, 0) is 4.74 Å². The van der Waals surface area contributed by atoms with Gasteiger partial charge in [0.25, 0.3) is 0 Å². The Hall–Kier alpha value is -2.49. The first kappa shape index (κ1) is 23.3. The number of alkyl halides is 1. The summed E-state index contributed by atoms with van der Waals surface area (Å²) in [5.74, 6) is 0.966. The number of anilines is 1. The van der Waals surface area contributed by atoms with Gasteiger partial charge in [-0.1, -0.05) is 6.58 Å². The van der Waals surface area contributed by atoms with Gasteiger partial charge in [-0.05, 0) is 59.1 Å². The van der Waals surface area contributed by atoms with Gasteiger partial charge in [-0.25, -0.2) is 9.18 Å². The molecule has 0 radical (unpaired) electrons. The third-order valence-corrected chi connectivity index (χ3v) is 7.40. The second kappa shape index (κ2) is 8.62. The van der Waals surface area contributed by atoms with Crippen LogP contribution in [0.5, 0.6) is 6.01 Å². The molecule has 0 N–H and O–H groups in total. The fraction of sp³-hybridized carbons (Fsp3) is 0.750. The Bertz CT molecular complexity index is 941. The van der Waals surface area contributed by atoms with Crippen molar-refractivity contribution in [3.63, 3.8) is 0 Å². The number of hydrogen-bond acceptors (Lipinski definition) is 8. The van der Waals surface area contributed by atoms with Crippen molar-refractivity contribution in [2.45, 2.75) is 82.3 Å². The van der Waals surface area contributed by atoms with Crippen molar-refractivity contribution < 1.29 is 18.7 Å². The summed E-state index contributed by atoms with van der Waals surface area (Å²) in [6.07, 6.45) is 4.84. The number of halogens is 1. The molecule has 4 atom stereocenters. The number of nitrogens with zero attached hydrogens (tertiary/aromatic N) is 6. The van der Waals surface area contributed by atoms with E-state index in [0.29, 0.717) is 44.4 Å². The summed E-state index contributed by atoms with van der Waals surface area (Å²) < 4.78 is 25.8. The molecule has 5 heterocycles. The molecule has 0 aliphatic carbocycles. The molecular formula is C24H35FN6O3. The first-order valence-corrected chi connectivity index (χ1v) is 12.3. The molecular weight excluding hydrogens is 439 g/mol. The van der Waals surface area contributed by atoms with Crippen molar-refractivity contribution in [1.82, 2.24) is 24.8 Å². The van der Waals surface area contributed by atoms with Crippen molar-refractivity contribution in [2.24, 2.45) is 0 Å². The predicted octanol–water partition coefficient (Wildman–Crippen LogP) is 3.06. The van der Waals surface area contributed by atoms with Gasteiger partial charge in [0.2, 0.25) is 5.95 Å². The van der Waals surface area contributed by atoms with Gasteiger partial charge in [0.1, 0.15) is 18.4 Å². The Labute approximate surface area is 200 Å². The number of carbonyl (C=O) groups excluding carboxylic acids is 1. The van der Waals surface area contributed by atoms with Crippen molar-refractivity contribution in [1.29, 1.82) is 0 Å². The van der Waals surface area contributed by atoms with E-state index in [2.05, 4.69) is 31.3 Å². The van der Waals surface area contributed by atoms with Crippen LogP contribution >= 0.6 is 0 Å². The third-order valence-electron chi connectivity index (χ3n) is 7.40. The molecule has 0 aromatic carbocycles. The van der Waals surface area contributed by atoms with Crippen LogP contribution in [0.25, 0.3) is 6.08 Å². The third kappa shape index (κ3) is 4.44. The minimum absolute atomic E-state index is 0.0489. The predicted molar refractivity (Wildman–Crippen MR) is 126 cm³/mol. The Morgan fingerprint density at radius 3 is 2.62 bits per heavy atom. The smallest absolute Gasteiger partial charge is 0.410 e. The molecule has 1 aromatic heterocycles. The Balaban J connectivity index is 1.30. The summed E-state index contributed by atoms with van der Waals surface area (Å²) in [7, 11) is 0. The number of rotatable bonds is 5. The van der Waals surface area contributed by atoms with Crippen molar-refractivity contribution >= 4 is 18.1 Å². The van der Waals surface area contributed by atoms with Gasteiger partial charge < -0.3 is 14.4 Å². The topological polar surface area (TPSA) is 83.9 Å². The summed E-state index contributed by atoms with van der Waals surface area (Å²) >= 11 is 0. The molecule has 4 saturated heterocycles. The zero-order valence-electron chi connectivity index (χ0n) is 20.4. The van der Waals surface area contributed by atoms with Crippen LogP contribution in [0.1, 0.15) is 58.7 Å². The van der Waals surface area contributed by atoms with Crippen LogP contribution in [0.4, 0.5) is 15.1 Å². The van der Waals surface area contributed by atoms with E-state index in [9.17, 15) is 9.18 Å². The number of hydrogen-bond donors (Lipinski definition) is 0. The van der Waals surface area contributed by atoms with E-state index in [0.717, 1.165) is 32.2 Å². The van der Waals surface area contributed by atoms with Gasteiger partial charge in [-0.2, -0.15) is 15.0 Å². The Kier molecular flexibility index (Phi) is 5.90. The number of ether oxygens (including phenoxy) is 2. The normalized spacial score (nSPS) is 31.0. The minimum atomic E-state index is -0.807. The highest BCUT2D eigenvalue weighted by Crippen LogP contribution is 2.40. The fourth-order valence-electron chi connectivity index (χ4n) is 5.98. The van der Waals surface area contributed by atoms with Crippen LogP contribution in [0.3, 0.4) is 0 Å².